The summed E-state index contributed by atoms with van der Waals surface area (Å²) in [5.41, 5.74) is 1.25. The molecule has 2 aliphatic carbocycles. The lowest BCUT2D eigenvalue weighted by atomic mass is 10.0. The Labute approximate surface area is 124 Å². The highest BCUT2D eigenvalue weighted by atomic mass is 32.2. The minimum Gasteiger partial charge on any atom is -0.309 e. The van der Waals surface area contributed by atoms with Crippen LogP contribution in [-0.4, -0.2) is 16.3 Å². The zero-order valence-corrected chi connectivity index (χ0v) is 13.4. The van der Waals surface area contributed by atoms with E-state index in [1.165, 1.54) is 60.5 Å². The molecule has 1 heterocycles. The fourth-order valence-electron chi connectivity index (χ4n) is 2.66. The third kappa shape index (κ3) is 4.20. The Hall–Kier alpha value is -0.0600. The van der Waals surface area contributed by atoms with Crippen LogP contribution in [0.5, 0.6) is 0 Å². The van der Waals surface area contributed by atoms with E-state index in [4.69, 9.17) is 4.98 Å². The van der Waals surface area contributed by atoms with Gasteiger partial charge in [-0.3, -0.25) is 0 Å². The van der Waals surface area contributed by atoms with Gasteiger partial charge in [-0.15, -0.1) is 11.3 Å². The van der Waals surface area contributed by atoms with Gasteiger partial charge in [0.2, 0.25) is 0 Å². The summed E-state index contributed by atoms with van der Waals surface area (Å²) >= 11 is 4.06. The molecule has 106 valence electrons. The highest BCUT2D eigenvalue weighted by molar-refractivity contribution is 7.99. The molecule has 0 aliphatic heterocycles. The van der Waals surface area contributed by atoms with Crippen LogP contribution in [0, 0.1) is 6.92 Å². The highest BCUT2D eigenvalue weighted by Gasteiger charge is 2.21. The van der Waals surface area contributed by atoms with Crippen LogP contribution in [0.15, 0.2) is 0 Å². The number of thioether (sulfide) groups is 1. The molecule has 3 rings (SSSR count). The van der Waals surface area contributed by atoms with Gasteiger partial charge in [-0.2, -0.15) is 11.8 Å². The molecule has 0 radical (unpaired) electrons. The monoisotopic (exact) mass is 296 g/mol. The van der Waals surface area contributed by atoms with Crippen molar-refractivity contribution in [1.29, 1.82) is 0 Å². The van der Waals surface area contributed by atoms with Crippen LogP contribution >= 0.6 is 23.1 Å². The fourth-order valence-corrected chi connectivity index (χ4v) is 5.02. The van der Waals surface area contributed by atoms with Crippen molar-refractivity contribution in [3.05, 3.63) is 15.6 Å². The predicted octanol–water partition coefficient (Wildman–Crippen LogP) is 4.27. The van der Waals surface area contributed by atoms with Crippen molar-refractivity contribution >= 4 is 23.1 Å². The number of rotatable bonds is 6. The molecule has 0 spiro atoms. The maximum absolute atomic E-state index is 4.75. The van der Waals surface area contributed by atoms with Crippen molar-refractivity contribution in [3.8, 4) is 0 Å². The van der Waals surface area contributed by atoms with Crippen molar-refractivity contribution in [3.63, 3.8) is 0 Å². The summed E-state index contributed by atoms with van der Waals surface area (Å²) in [7, 11) is 0. The summed E-state index contributed by atoms with van der Waals surface area (Å²) in [6.07, 6.45) is 9.89. The maximum Gasteiger partial charge on any atom is 0.103 e. The van der Waals surface area contributed by atoms with E-state index in [0.29, 0.717) is 0 Å². The van der Waals surface area contributed by atoms with Gasteiger partial charge in [0.15, 0.2) is 0 Å². The minimum absolute atomic E-state index is 0.793. The smallest absolute Gasteiger partial charge is 0.103 e. The van der Waals surface area contributed by atoms with Gasteiger partial charge in [0.05, 0.1) is 5.69 Å². The summed E-state index contributed by atoms with van der Waals surface area (Å²) in [4.78, 5) is 6.20. The van der Waals surface area contributed by atoms with Crippen molar-refractivity contribution in [2.75, 3.05) is 0 Å². The number of nitrogens with zero attached hydrogens (tertiary/aromatic N) is 1. The molecule has 2 aliphatic rings. The van der Waals surface area contributed by atoms with Crippen LogP contribution in [0.4, 0.5) is 0 Å². The van der Waals surface area contributed by atoms with E-state index in [1.807, 2.05) is 11.3 Å². The van der Waals surface area contributed by atoms with Gasteiger partial charge in [0.1, 0.15) is 5.01 Å². The average molecular weight is 297 g/mol. The van der Waals surface area contributed by atoms with E-state index in [2.05, 4.69) is 24.0 Å². The van der Waals surface area contributed by atoms with Crippen LogP contribution in [0.2, 0.25) is 0 Å². The second-order valence-corrected chi connectivity index (χ2v) is 8.30. The molecule has 2 nitrogen and oxygen atoms in total. The molecule has 0 amide bonds. The molecule has 0 aromatic carbocycles. The van der Waals surface area contributed by atoms with Gasteiger partial charge >= 0.3 is 0 Å². The first-order valence-corrected chi connectivity index (χ1v) is 9.48. The lowest BCUT2D eigenvalue weighted by Gasteiger charge is -2.20. The summed E-state index contributed by atoms with van der Waals surface area (Å²) in [6.45, 7) is 3.19. The van der Waals surface area contributed by atoms with Crippen LogP contribution in [0.25, 0.3) is 0 Å². The zero-order valence-electron chi connectivity index (χ0n) is 11.8. The predicted molar refractivity (Wildman–Crippen MR) is 84.9 cm³/mol. The highest BCUT2D eigenvalue weighted by Crippen LogP contribution is 2.32. The molecule has 0 atom stereocenters. The average Bonchev–Trinajstić information content (AvgIpc) is 3.19. The second-order valence-electron chi connectivity index (χ2n) is 5.84. The summed E-state index contributed by atoms with van der Waals surface area (Å²) in [6, 6.07) is 0.793. The van der Waals surface area contributed by atoms with E-state index in [-0.39, 0.29) is 0 Å². The van der Waals surface area contributed by atoms with Crippen molar-refractivity contribution in [2.24, 2.45) is 0 Å². The topological polar surface area (TPSA) is 24.9 Å². The van der Waals surface area contributed by atoms with Crippen molar-refractivity contribution < 1.29 is 0 Å². The molecule has 4 heteroatoms. The maximum atomic E-state index is 4.75. The Morgan fingerprint density at radius 1 is 1.21 bits per heavy atom. The second kappa shape index (κ2) is 6.59. The van der Waals surface area contributed by atoms with E-state index >= 15 is 0 Å². The fraction of sp³-hybridized carbons (Fsp3) is 0.800. The standard InChI is InChI=1S/C15H24N2S2/c1-11-14(9-16-12-7-8-12)19-15(17-11)10-18-13-5-3-2-4-6-13/h12-13,16H,2-10H2,1H3. The van der Waals surface area contributed by atoms with Crippen LogP contribution in [-0.2, 0) is 12.3 Å². The first-order chi connectivity index (χ1) is 9.31. The number of nitrogens with one attached hydrogen (secondary N) is 1. The number of hydrogen-bond acceptors (Lipinski definition) is 4. The van der Waals surface area contributed by atoms with Gasteiger partial charge in [0, 0.05) is 28.5 Å². The number of aryl methyl sites for hydroxylation is 1. The molecule has 1 N–H and O–H groups in total. The van der Waals surface area contributed by atoms with Crippen LogP contribution in [0.3, 0.4) is 0 Å². The lowest BCUT2D eigenvalue weighted by molar-refractivity contribution is 0.516. The van der Waals surface area contributed by atoms with Crippen LogP contribution in [0.1, 0.15) is 60.5 Å². The molecule has 1 aromatic rings. The van der Waals surface area contributed by atoms with E-state index in [0.717, 1.165) is 23.6 Å². The molecule has 19 heavy (non-hydrogen) atoms. The number of thiazole rings is 1. The van der Waals surface area contributed by atoms with Crippen LogP contribution < -0.4 is 5.32 Å². The Morgan fingerprint density at radius 3 is 2.74 bits per heavy atom. The minimum atomic E-state index is 0.793. The molecular formula is C15H24N2S2. The molecule has 1 aromatic heterocycles. The van der Waals surface area contributed by atoms with E-state index in [1.54, 1.807) is 0 Å². The third-order valence-electron chi connectivity index (χ3n) is 4.06. The molecule has 0 unspecified atom stereocenters. The summed E-state index contributed by atoms with van der Waals surface area (Å²) < 4.78 is 0. The summed E-state index contributed by atoms with van der Waals surface area (Å²) in [5.74, 6) is 1.12. The van der Waals surface area contributed by atoms with E-state index < -0.39 is 0 Å². The van der Waals surface area contributed by atoms with Gasteiger partial charge in [-0.25, -0.2) is 4.98 Å². The first-order valence-electron chi connectivity index (χ1n) is 7.61. The zero-order chi connectivity index (χ0) is 13.1. The molecule has 2 fully saturated rings. The number of aromatic nitrogens is 1. The molecule has 0 saturated heterocycles. The van der Waals surface area contributed by atoms with Gasteiger partial charge in [-0.05, 0) is 32.6 Å². The molecule has 0 bridgehead atoms. The largest absolute Gasteiger partial charge is 0.309 e. The van der Waals surface area contributed by atoms with Gasteiger partial charge < -0.3 is 5.32 Å². The quantitative estimate of drug-likeness (QED) is 0.848. The van der Waals surface area contributed by atoms with Gasteiger partial charge in [0.25, 0.3) is 0 Å². The Bertz CT molecular complexity index is 406. The molecular weight excluding hydrogens is 272 g/mol. The van der Waals surface area contributed by atoms with E-state index in [9.17, 15) is 0 Å². The van der Waals surface area contributed by atoms with Gasteiger partial charge in [-0.1, -0.05) is 19.3 Å². The Morgan fingerprint density at radius 2 is 2.00 bits per heavy atom. The van der Waals surface area contributed by atoms with Crippen molar-refractivity contribution in [2.45, 2.75) is 75.5 Å². The summed E-state index contributed by atoms with van der Waals surface area (Å²) in [5, 5.41) is 5.82. The number of hydrogen-bond donors (Lipinski definition) is 1. The van der Waals surface area contributed by atoms with Crippen molar-refractivity contribution in [1.82, 2.24) is 10.3 Å². The molecule has 2 saturated carbocycles. The lowest BCUT2D eigenvalue weighted by Crippen LogP contribution is -2.14. The Balaban J connectivity index is 1.48. The third-order valence-corrected chi connectivity index (χ3v) is 6.78. The normalized spacial score (nSPS) is 20.9. The Kier molecular flexibility index (Phi) is 4.83. The first kappa shape index (κ1) is 13.9. The SMILES string of the molecule is Cc1nc(CSC2CCCCC2)sc1CNC1CC1.